The molecule has 1 aliphatic heterocycles. The molecular formula is C17H17FN2O2. The van der Waals surface area contributed by atoms with E-state index < -0.39 is 5.60 Å². The van der Waals surface area contributed by atoms with Crippen LogP contribution >= 0.6 is 0 Å². The second-order valence-electron chi connectivity index (χ2n) is 5.67. The van der Waals surface area contributed by atoms with Crippen LogP contribution in [0.2, 0.25) is 0 Å². The third kappa shape index (κ3) is 2.72. The van der Waals surface area contributed by atoms with E-state index in [1.165, 1.54) is 19.1 Å². The van der Waals surface area contributed by atoms with Crippen molar-refractivity contribution >= 4 is 11.6 Å². The number of pyridine rings is 1. The fourth-order valence-electron chi connectivity index (χ4n) is 2.77. The summed E-state index contributed by atoms with van der Waals surface area (Å²) in [4.78, 5) is 17.5. The maximum absolute atomic E-state index is 13.0. The maximum atomic E-state index is 13.0. The molecule has 0 bridgehead atoms. The third-order valence-corrected chi connectivity index (χ3v) is 4.11. The summed E-state index contributed by atoms with van der Waals surface area (Å²) in [5.41, 5.74) is 0.266. The molecule has 0 aliphatic carbocycles. The van der Waals surface area contributed by atoms with E-state index in [2.05, 4.69) is 4.98 Å². The Balaban J connectivity index is 1.79. The van der Waals surface area contributed by atoms with Crippen molar-refractivity contribution in [2.75, 3.05) is 18.0 Å². The minimum absolute atomic E-state index is 0.0247. The number of rotatable bonds is 3. The van der Waals surface area contributed by atoms with E-state index in [9.17, 15) is 14.3 Å². The second-order valence-corrected chi connectivity index (χ2v) is 5.67. The van der Waals surface area contributed by atoms with E-state index in [-0.39, 0.29) is 11.6 Å². The zero-order valence-corrected chi connectivity index (χ0v) is 12.3. The van der Waals surface area contributed by atoms with E-state index in [4.69, 9.17) is 0 Å². The molecule has 2 heterocycles. The highest BCUT2D eigenvalue weighted by Crippen LogP contribution is 2.34. The fraction of sp³-hybridized carbons (Fsp3) is 0.294. The molecular weight excluding hydrogens is 283 g/mol. The monoisotopic (exact) mass is 300 g/mol. The lowest BCUT2D eigenvalue weighted by atomic mass is 9.93. The van der Waals surface area contributed by atoms with Gasteiger partial charge < -0.3 is 10.0 Å². The molecule has 3 rings (SSSR count). The average molecular weight is 300 g/mol. The minimum Gasteiger partial charge on any atom is -0.383 e. The van der Waals surface area contributed by atoms with Crippen molar-refractivity contribution in [3.05, 3.63) is 59.5 Å². The molecule has 1 aromatic carbocycles. The Kier molecular flexibility index (Phi) is 3.66. The van der Waals surface area contributed by atoms with E-state index in [1.54, 1.807) is 30.5 Å². The quantitative estimate of drug-likeness (QED) is 0.885. The molecule has 0 saturated carbocycles. The predicted molar refractivity (Wildman–Crippen MR) is 81.4 cm³/mol. The van der Waals surface area contributed by atoms with Gasteiger partial charge in [-0.1, -0.05) is 12.1 Å². The number of Topliss-reactive ketones (excluding diaryl/α,β-unsaturated/α-hetero) is 1. The Bertz CT molecular complexity index is 685. The zero-order chi connectivity index (χ0) is 15.7. The second kappa shape index (κ2) is 5.50. The summed E-state index contributed by atoms with van der Waals surface area (Å²) in [6.07, 6.45) is 2.10. The summed E-state index contributed by atoms with van der Waals surface area (Å²) >= 11 is 0. The zero-order valence-electron chi connectivity index (χ0n) is 12.3. The van der Waals surface area contributed by atoms with Crippen molar-refractivity contribution in [3.63, 3.8) is 0 Å². The number of halogens is 1. The molecule has 1 aromatic heterocycles. The smallest absolute Gasteiger partial charge is 0.161 e. The summed E-state index contributed by atoms with van der Waals surface area (Å²) in [5.74, 6) is 0.384. The first-order valence-electron chi connectivity index (χ1n) is 7.18. The van der Waals surface area contributed by atoms with Gasteiger partial charge in [-0.15, -0.1) is 0 Å². The molecule has 0 amide bonds. The van der Waals surface area contributed by atoms with Crippen LogP contribution in [0.1, 0.15) is 29.3 Å². The number of benzene rings is 1. The lowest BCUT2D eigenvalue weighted by Crippen LogP contribution is -2.31. The van der Waals surface area contributed by atoms with Gasteiger partial charge in [-0.2, -0.15) is 0 Å². The van der Waals surface area contributed by atoms with Crippen LogP contribution in [-0.4, -0.2) is 29.0 Å². The number of ketones is 1. The van der Waals surface area contributed by atoms with Crippen molar-refractivity contribution in [1.29, 1.82) is 0 Å². The summed E-state index contributed by atoms with van der Waals surface area (Å²) in [6, 6.07) is 9.47. The molecule has 2 aromatic rings. The Morgan fingerprint density at radius 3 is 2.59 bits per heavy atom. The predicted octanol–water partition coefficient (Wildman–Crippen LogP) is 2.52. The number of aliphatic hydroxyl groups is 1. The molecule has 1 atom stereocenters. The van der Waals surface area contributed by atoms with E-state index >= 15 is 0 Å². The fourth-order valence-corrected chi connectivity index (χ4v) is 2.77. The van der Waals surface area contributed by atoms with Gasteiger partial charge in [0.25, 0.3) is 0 Å². The van der Waals surface area contributed by atoms with Gasteiger partial charge >= 0.3 is 0 Å². The molecule has 0 radical (unpaired) electrons. The Hall–Kier alpha value is -2.27. The first kappa shape index (κ1) is 14.7. The molecule has 4 nitrogen and oxygen atoms in total. The van der Waals surface area contributed by atoms with Gasteiger partial charge in [-0.05, 0) is 43.2 Å². The number of β-amino-alcohol motifs (C(OH)–C–C–N with tert-alkyl or cyclic N) is 1. The molecule has 1 fully saturated rings. The molecule has 1 N–H and O–H groups in total. The van der Waals surface area contributed by atoms with Crippen molar-refractivity contribution in [2.24, 2.45) is 0 Å². The largest absolute Gasteiger partial charge is 0.383 e. The van der Waals surface area contributed by atoms with Gasteiger partial charge in [0.1, 0.15) is 17.2 Å². The van der Waals surface area contributed by atoms with Crippen LogP contribution in [0.3, 0.4) is 0 Å². The highest BCUT2D eigenvalue weighted by Gasteiger charge is 2.38. The standard InChI is InChI=1S/C17H17FN2O2/c1-12(21)13-2-7-16(19-10-13)20-9-8-17(22,11-20)14-3-5-15(18)6-4-14/h2-7,10,22H,8-9,11H2,1H3. The van der Waals surface area contributed by atoms with E-state index in [1.807, 2.05) is 4.90 Å². The molecule has 1 aliphatic rings. The molecule has 5 heteroatoms. The maximum Gasteiger partial charge on any atom is 0.161 e. The first-order chi connectivity index (χ1) is 10.5. The van der Waals surface area contributed by atoms with Gasteiger partial charge in [0.15, 0.2) is 5.78 Å². The third-order valence-electron chi connectivity index (χ3n) is 4.11. The van der Waals surface area contributed by atoms with Gasteiger partial charge in [-0.3, -0.25) is 4.79 Å². The number of aromatic nitrogens is 1. The molecule has 1 saturated heterocycles. The van der Waals surface area contributed by atoms with Crippen molar-refractivity contribution in [3.8, 4) is 0 Å². The number of anilines is 1. The highest BCUT2D eigenvalue weighted by molar-refractivity contribution is 5.93. The van der Waals surface area contributed by atoms with Crippen LogP contribution in [-0.2, 0) is 5.60 Å². The summed E-state index contributed by atoms with van der Waals surface area (Å²) in [6.45, 7) is 2.55. The van der Waals surface area contributed by atoms with Crippen LogP contribution in [0.4, 0.5) is 10.2 Å². The van der Waals surface area contributed by atoms with Crippen molar-refractivity contribution in [2.45, 2.75) is 18.9 Å². The van der Waals surface area contributed by atoms with E-state index in [0.29, 0.717) is 30.6 Å². The Labute approximate surface area is 128 Å². The molecule has 1 unspecified atom stereocenters. The van der Waals surface area contributed by atoms with Gasteiger partial charge in [0, 0.05) is 18.3 Å². The number of hydrogen-bond donors (Lipinski definition) is 1. The van der Waals surface area contributed by atoms with Crippen LogP contribution in [0.5, 0.6) is 0 Å². The van der Waals surface area contributed by atoms with Gasteiger partial charge in [0.2, 0.25) is 0 Å². The molecule has 114 valence electrons. The molecule has 0 spiro atoms. The highest BCUT2D eigenvalue weighted by atomic mass is 19.1. The number of hydrogen-bond acceptors (Lipinski definition) is 4. The SMILES string of the molecule is CC(=O)c1ccc(N2CCC(O)(c3ccc(F)cc3)C2)nc1. The minimum atomic E-state index is -1.01. The lowest BCUT2D eigenvalue weighted by molar-refractivity contribution is 0.0605. The summed E-state index contributed by atoms with van der Waals surface area (Å²) in [7, 11) is 0. The summed E-state index contributed by atoms with van der Waals surface area (Å²) < 4.78 is 13.0. The lowest BCUT2D eigenvalue weighted by Gasteiger charge is -2.24. The number of carbonyl (C=O) groups is 1. The summed E-state index contributed by atoms with van der Waals surface area (Å²) in [5, 5.41) is 10.8. The van der Waals surface area contributed by atoms with E-state index in [0.717, 1.165) is 5.82 Å². The number of nitrogens with zero attached hydrogens (tertiary/aromatic N) is 2. The van der Waals surface area contributed by atoms with Gasteiger partial charge in [-0.25, -0.2) is 9.37 Å². The number of carbonyl (C=O) groups excluding carboxylic acids is 1. The van der Waals surface area contributed by atoms with Crippen LogP contribution in [0, 0.1) is 5.82 Å². The van der Waals surface area contributed by atoms with Crippen molar-refractivity contribution < 1.29 is 14.3 Å². The Morgan fingerprint density at radius 2 is 2.00 bits per heavy atom. The van der Waals surface area contributed by atoms with Crippen molar-refractivity contribution in [1.82, 2.24) is 4.98 Å². The first-order valence-corrected chi connectivity index (χ1v) is 7.18. The average Bonchev–Trinajstić information content (AvgIpc) is 2.91. The van der Waals surface area contributed by atoms with Crippen LogP contribution in [0.15, 0.2) is 42.6 Å². The topological polar surface area (TPSA) is 53.4 Å². The van der Waals surface area contributed by atoms with Crippen LogP contribution < -0.4 is 4.90 Å². The molecule has 22 heavy (non-hydrogen) atoms. The van der Waals surface area contributed by atoms with Gasteiger partial charge in [0.05, 0.1) is 6.54 Å². The Morgan fingerprint density at radius 1 is 1.27 bits per heavy atom. The normalized spacial score (nSPS) is 21.1. The van der Waals surface area contributed by atoms with Crippen LogP contribution in [0.25, 0.3) is 0 Å².